The van der Waals surface area contributed by atoms with Crippen molar-refractivity contribution in [1.82, 2.24) is 14.7 Å². The summed E-state index contributed by atoms with van der Waals surface area (Å²) in [5.74, 6) is 0.552. The van der Waals surface area contributed by atoms with Crippen LogP contribution in [0.3, 0.4) is 0 Å². The number of imidazole rings is 1. The molecule has 0 fully saturated rings. The highest BCUT2D eigenvalue weighted by molar-refractivity contribution is 7.89. The third kappa shape index (κ3) is 3.91. The molecule has 1 aromatic carbocycles. The Balaban J connectivity index is 2.05. The van der Waals surface area contributed by atoms with E-state index in [1.807, 2.05) is 12.1 Å². The van der Waals surface area contributed by atoms with Crippen LogP contribution in [0.5, 0.6) is 0 Å². The van der Waals surface area contributed by atoms with Crippen LogP contribution in [0.15, 0.2) is 41.7 Å². The van der Waals surface area contributed by atoms with E-state index in [-0.39, 0.29) is 11.4 Å². The lowest BCUT2D eigenvalue weighted by atomic mass is 10.0. The Hall–Kier alpha value is -1.66. The number of hydrogen-bond donors (Lipinski definition) is 2. The molecule has 1 aromatic heterocycles. The summed E-state index contributed by atoms with van der Waals surface area (Å²) in [4.78, 5) is 6.98. The molecule has 0 saturated heterocycles. The van der Waals surface area contributed by atoms with Gasteiger partial charge in [-0.3, -0.25) is 0 Å². The molecule has 0 unspecified atom stereocenters. The minimum atomic E-state index is -3.48. The van der Waals surface area contributed by atoms with Crippen LogP contribution in [-0.2, 0) is 23.0 Å². The molecule has 0 aliphatic rings. The van der Waals surface area contributed by atoms with Gasteiger partial charge in [0, 0.05) is 11.9 Å². The van der Waals surface area contributed by atoms with Crippen LogP contribution < -0.4 is 4.72 Å². The Labute approximate surface area is 119 Å². The Bertz CT molecular complexity index is 632. The Morgan fingerprint density at radius 2 is 1.95 bits per heavy atom. The first kappa shape index (κ1) is 14.7. The van der Waals surface area contributed by atoms with E-state index in [9.17, 15) is 8.42 Å². The fourth-order valence-electron chi connectivity index (χ4n) is 1.91. The number of aromatic nitrogens is 2. The van der Waals surface area contributed by atoms with Crippen molar-refractivity contribution in [3.8, 4) is 0 Å². The second-order valence-corrected chi connectivity index (χ2v) is 6.91. The van der Waals surface area contributed by atoms with Gasteiger partial charge in [0.2, 0.25) is 10.0 Å². The fourth-order valence-corrected chi connectivity index (χ4v) is 2.92. The molecule has 0 spiro atoms. The van der Waals surface area contributed by atoms with Gasteiger partial charge < -0.3 is 4.98 Å². The number of sulfonamides is 1. The number of benzene rings is 1. The molecule has 2 N–H and O–H groups in total. The predicted molar refractivity (Wildman–Crippen MR) is 77.6 cm³/mol. The lowest BCUT2D eigenvalue weighted by Crippen LogP contribution is -2.23. The zero-order valence-electron chi connectivity index (χ0n) is 11.6. The standard InChI is InChI=1S/C14H19N3O2S/c1-11(2)7-12-3-5-14(6-4-12)20(18,19)17-9-13-8-15-10-16-13/h3-6,8,10-11,17H,7,9H2,1-2H3,(H,15,16). The Kier molecular flexibility index (Phi) is 4.57. The van der Waals surface area contributed by atoms with Gasteiger partial charge in [0.25, 0.3) is 0 Å². The molecule has 0 radical (unpaired) electrons. The topological polar surface area (TPSA) is 74.8 Å². The summed E-state index contributed by atoms with van der Waals surface area (Å²) in [5.41, 5.74) is 1.87. The molecule has 0 amide bonds. The number of H-pyrrole nitrogens is 1. The van der Waals surface area contributed by atoms with Crippen LogP contribution >= 0.6 is 0 Å². The molecule has 5 nitrogen and oxygen atoms in total. The van der Waals surface area contributed by atoms with Gasteiger partial charge in [0.05, 0.1) is 17.8 Å². The van der Waals surface area contributed by atoms with Gasteiger partial charge >= 0.3 is 0 Å². The van der Waals surface area contributed by atoms with Gasteiger partial charge in [0.1, 0.15) is 0 Å². The number of hydrogen-bond acceptors (Lipinski definition) is 3. The lowest BCUT2D eigenvalue weighted by Gasteiger charge is -2.08. The number of nitrogens with one attached hydrogen (secondary N) is 2. The highest BCUT2D eigenvalue weighted by Crippen LogP contribution is 2.13. The maximum atomic E-state index is 12.1. The van der Waals surface area contributed by atoms with Gasteiger partial charge in [-0.25, -0.2) is 18.1 Å². The molecule has 20 heavy (non-hydrogen) atoms. The molecule has 108 valence electrons. The van der Waals surface area contributed by atoms with E-state index < -0.39 is 10.0 Å². The second kappa shape index (κ2) is 6.19. The van der Waals surface area contributed by atoms with Crippen molar-refractivity contribution in [3.63, 3.8) is 0 Å². The maximum absolute atomic E-state index is 12.1. The minimum Gasteiger partial charge on any atom is -0.347 e. The molecule has 6 heteroatoms. The smallest absolute Gasteiger partial charge is 0.240 e. The lowest BCUT2D eigenvalue weighted by molar-refractivity contribution is 0.580. The quantitative estimate of drug-likeness (QED) is 0.856. The highest BCUT2D eigenvalue weighted by Gasteiger charge is 2.13. The van der Waals surface area contributed by atoms with Crippen molar-refractivity contribution < 1.29 is 8.42 Å². The van der Waals surface area contributed by atoms with Crippen molar-refractivity contribution in [2.24, 2.45) is 5.92 Å². The van der Waals surface area contributed by atoms with Crippen molar-refractivity contribution >= 4 is 10.0 Å². The molecular formula is C14H19N3O2S. The normalized spacial score (nSPS) is 11.9. The monoisotopic (exact) mass is 293 g/mol. The summed E-state index contributed by atoms with van der Waals surface area (Å²) < 4.78 is 26.8. The predicted octanol–water partition coefficient (Wildman–Crippen LogP) is 2.09. The Morgan fingerprint density at radius 1 is 1.25 bits per heavy atom. The maximum Gasteiger partial charge on any atom is 0.240 e. The molecule has 1 heterocycles. The highest BCUT2D eigenvalue weighted by atomic mass is 32.2. The Morgan fingerprint density at radius 3 is 2.50 bits per heavy atom. The first-order chi connectivity index (χ1) is 9.47. The van der Waals surface area contributed by atoms with Gasteiger partial charge in [0.15, 0.2) is 0 Å². The first-order valence-electron chi connectivity index (χ1n) is 6.53. The van der Waals surface area contributed by atoms with Crippen molar-refractivity contribution in [3.05, 3.63) is 48.0 Å². The van der Waals surface area contributed by atoms with E-state index in [4.69, 9.17) is 0 Å². The largest absolute Gasteiger partial charge is 0.347 e. The van der Waals surface area contributed by atoms with Crippen LogP contribution in [0.2, 0.25) is 0 Å². The first-order valence-corrected chi connectivity index (χ1v) is 8.01. The van der Waals surface area contributed by atoms with Gasteiger partial charge in [-0.15, -0.1) is 0 Å². The summed E-state index contributed by atoms with van der Waals surface area (Å²) in [6.45, 7) is 4.48. The summed E-state index contributed by atoms with van der Waals surface area (Å²) in [5, 5.41) is 0. The van der Waals surface area contributed by atoms with E-state index in [0.29, 0.717) is 5.92 Å². The molecule has 2 aromatic rings. The third-order valence-electron chi connectivity index (χ3n) is 2.89. The third-order valence-corrected chi connectivity index (χ3v) is 4.30. The molecule has 0 aliphatic heterocycles. The van der Waals surface area contributed by atoms with Gasteiger partial charge in [-0.1, -0.05) is 26.0 Å². The number of nitrogens with zero attached hydrogens (tertiary/aromatic N) is 1. The van der Waals surface area contributed by atoms with E-state index in [2.05, 4.69) is 28.5 Å². The van der Waals surface area contributed by atoms with Crippen LogP contribution in [0.25, 0.3) is 0 Å². The van der Waals surface area contributed by atoms with Crippen LogP contribution in [0, 0.1) is 5.92 Å². The fraction of sp³-hybridized carbons (Fsp3) is 0.357. The average Bonchev–Trinajstić information content (AvgIpc) is 2.89. The zero-order chi connectivity index (χ0) is 14.6. The van der Waals surface area contributed by atoms with Crippen LogP contribution in [0.1, 0.15) is 25.1 Å². The average molecular weight is 293 g/mol. The SMILES string of the molecule is CC(C)Cc1ccc(S(=O)(=O)NCc2cnc[nH]2)cc1. The zero-order valence-corrected chi connectivity index (χ0v) is 12.4. The summed E-state index contributed by atoms with van der Waals surface area (Å²) in [6, 6.07) is 7.02. The van der Waals surface area contributed by atoms with E-state index in [1.54, 1.807) is 18.3 Å². The molecule has 0 saturated carbocycles. The van der Waals surface area contributed by atoms with Crippen molar-refractivity contribution in [1.29, 1.82) is 0 Å². The van der Waals surface area contributed by atoms with Crippen LogP contribution in [-0.4, -0.2) is 18.4 Å². The van der Waals surface area contributed by atoms with E-state index >= 15 is 0 Å². The van der Waals surface area contributed by atoms with Crippen molar-refractivity contribution in [2.45, 2.75) is 31.7 Å². The second-order valence-electron chi connectivity index (χ2n) is 5.14. The minimum absolute atomic E-state index is 0.204. The van der Waals surface area contributed by atoms with Crippen molar-refractivity contribution in [2.75, 3.05) is 0 Å². The molecule has 0 aliphatic carbocycles. The molecule has 0 bridgehead atoms. The summed E-state index contributed by atoms with van der Waals surface area (Å²) in [6.07, 6.45) is 4.06. The molecule has 0 atom stereocenters. The molecular weight excluding hydrogens is 274 g/mol. The van der Waals surface area contributed by atoms with E-state index in [1.165, 1.54) is 6.33 Å². The summed E-state index contributed by atoms with van der Waals surface area (Å²) in [7, 11) is -3.48. The van der Waals surface area contributed by atoms with E-state index in [0.717, 1.165) is 17.7 Å². The number of aromatic amines is 1. The number of rotatable bonds is 6. The summed E-state index contributed by atoms with van der Waals surface area (Å²) >= 11 is 0. The van der Waals surface area contributed by atoms with Crippen LogP contribution in [0.4, 0.5) is 0 Å². The molecule has 2 rings (SSSR count). The van der Waals surface area contributed by atoms with Gasteiger partial charge in [-0.05, 0) is 30.0 Å². The van der Waals surface area contributed by atoms with Gasteiger partial charge in [-0.2, -0.15) is 0 Å².